The third kappa shape index (κ3) is 7.18. The molecule has 0 aromatic heterocycles. The zero-order chi connectivity index (χ0) is 23.8. The molecule has 4 rings (SSSR count). The zero-order valence-corrected chi connectivity index (χ0v) is 18.8. The summed E-state index contributed by atoms with van der Waals surface area (Å²) < 4.78 is 32.6. The minimum Gasteiger partial charge on any atom is -0.390 e. The van der Waals surface area contributed by atoms with E-state index >= 15 is 0 Å². The number of rotatable bonds is 11. The maximum absolute atomic E-state index is 13.7. The molecule has 0 saturated heterocycles. The topological polar surface area (TPSA) is 54.3 Å². The molecular formula is C27H28F2N2O3. The Morgan fingerprint density at radius 3 is 2.50 bits per heavy atom. The molecule has 1 heterocycles. The highest BCUT2D eigenvalue weighted by atomic mass is 19.1. The van der Waals surface area contributed by atoms with Crippen LogP contribution in [0.1, 0.15) is 23.1 Å². The quantitative estimate of drug-likeness (QED) is 0.451. The number of benzene rings is 3. The SMILES string of the molecule is OC(COCc1ccccc1)CN(Cc1cccc(F)c1)CC1CC(c2ccc(F)cc2)=NO1. The summed E-state index contributed by atoms with van der Waals surface area (Å²) in [5, 5.41) is 14.8. The smallest absolute Gasteiger partial charge is 0.145 e. The van der Waals surface area contributed by atoms with Crippen molar-refractivity contribution in [2.24, 2.45) is 5.16 Å². The zero-order valence-electron chi connectivity index (χ0n) is 18.8. The summed E-state index contributed by atoms with van der Waals surface area (Å²) in [4.78, 5) is 7.64. The summed E-state index contributed by atoms with van der Waals surface area (Å²) in [5.41, 5.74) is 3.41. The van der Waals surface area contributed by atoms with E-state index in [1.165, 1.54) is 24.3 Å². The average Bonchev–Trinajstić information content (AvgIpc) is 3.28. The summed E-state index contributed by atoms with van der Waals surface area (Å²) in [7, 11) is 0. The molecule has 0 spiro atoms. The Bertz CT molecular complexity index is 1080. The Balaban J connectivity index is 1.34. The molecule has 3 aromatic rings. The van der Waals surface area contributed by atoms with Crippen LogP contribution in [0.4, 0.5) is 8.78 Å². The lowest BCUT2D eigenvalue weighted by atomic mass is 10.0. The van der Waals surface area contributed by atoms with Crippen molar-refractivity contribution in [3.63, 3.8) is 0 Å². The van der Waals surface area contributed by atoms with Crippen LogP contribution in [0.15, 0.2) is 84.0 Å². The third-order valence-corrected chi connectivity index (χ3v) is 5.56. The number of aliphatic hydroxyl groups excluding tert-OH is 1. The summed E-state index contributed by atoms with van der Waals surface area (Å²) >= 11 is 0. The number of hydrogen-bond acceptors (Lipinski definition) is 5. The van der Waals surface area contributed by atoms with Gasteiger partial charge in [-0.1, -0.05) is 59.8 Å². The molecule has 1 aliphatic rings. The van der Waals surface area contributed by atoms with Crippen molar-refractivity contribution in [2.45, 2.75) is 31.8 Å². The lowest BCUT2D eigenvalue weighted by Crippen LogP contribution is -2.39. The van der Waals surface area contributed by atoms with Crippen molar-refractivity contribution in [1.82, 2.24) is 4.90 Å². The molecule has 2 unspecified atom stereocenters. The van der Waals surface area contributed by atoms with Crippen LogP contribution in [0, 0.1) is 11.6 Å². The van der Waals surface area contributed by atoms with E-state index in [0.29, 0.717) is 32.7 Å². The van der Waals surface area contributed by atoms with E-state index in [1.807, 2.05) is 41.3 Å². The average molecular weight is 467 g/mol. The first kappa shape index (κ1) is 24.0. The summed E-state index contributed by atoms with van der Waals surface area (Å²) in [6.07, 6.45) is -0.395. The number of oxime groups is 1. The molecule has 0 aliphatic carbocycles. The monoisotopic (exact) mass is 466 g/mol. The molecule has 0 saturated carbocycles. The first-order chi connectivity index (χ1) is 16.5. The standard InChI is InChI=1S/C27H28F2N2O3/c28-23-11-9-22(10-12-23)27-14-26(34-30-27)17-31(15-21-7-4-8-24(29)13-21)16-25(32)19-33-18-20-5-2-1-3-6-20/h1-13,25-26,32H,14-19H2. The Labute approximate surface area is 198 Å². The Hall–Kier alpha value is -3.13. The Kier molecular flexibility index (Phi) is 8.36. The molecule has 178 valence electrons. The van der Waals surface area contributed by atoms with Crippen LogP contribution in [0.5, 0.6) is 0 Å². The lowest BCUT2D eigenvalue weighted by Gasteiger charge is -2.27. The number of hydrogen-bond donors (Lipinski definition) is 1. The molecule has 0 bridgehead atoms. The van der Waals surface area contributed by atoms with Gasteiger partial charge in [-0.05, 0) is 41.0 Å². The first-order valence-corrected chi connectivity index (χ1v) is 11.3. The molecule has 34 heavy (non-hydrogen) atoms. The fourth-order valence-electron chi connectivity index (χ4n) is 3.96. The van der Waals surface area contributed by atoms with Crippen molar-refractivity contribution in [2.75, 3.05) is 19.7 Å². The second kappa shape index (κ2) is 11.8. The molecule has 3 aromatic carbocycles. The third-order valence-electron chi connectivity index (χ3n) is 5.56. The predicted molar refractivity (Wildman–Crippen MR) is 126 cm³/mol. The van der Waals surface area contributed by atoms with Crippen LogP contribution in [0.25, 0.3) is 0 Å². The van der Waals surface area contributed by atoms with Crippen molar-refractivity contribution in [3.05, 3.63) is 107 Å². The van der Waals surface area contributed by atoms with E-state index in [1.54, 1.807) is 18.2 Å². The van der Waals surface area contributed by atoms with Gasteiger partial charge in [-0.15, -0.1) is 0 Å². The largest absolute Gasteiger partial charge is 0.390 e. The highest BCUT2D eigenvalue weighted by molar-refractivity contribution is 6.01. The van der Waals surface area contributed by atoms with E-state index < -0.39 is 6.10 Å². The molecule has 1 N–H and O–H groups in total. The van der Waals surface area contributed by atoms with Gasteiger partial charge in [0.05, 0.1) is 25.0 Å². The minimum atomic E-state index is -0.726. The fourth-order valence-corrected chi connectivity index (χ4v) is 3.96. The normalized spacial score (nSPS) is 16.4. The van der Waals surface area contributed by atoms with Crippen LogP contribution >= 0.6 is 0 Å². The van der Waals surface area contributed by atoms with Gasteiger partial charge >= 0.3 is 0 Å². The Morgan fingerprint density at radius 2 is 1.74 bits per heavy atom. The van der Waals surface area contributed by atoms with Crippen LogP contribution in [0.3, 0.4) is 0 Å². The molecule has 0 amide bonds. The van der Waals surface area contributed by atoms with Gasteiger partial charge in [-0.25, -0.2) is 8.78 Å². The summed E-state index contributed by atoms with van der Waals surface area (Å²) in [5.74, 6) is -0.604. The molecule has 0 radical (unpaired) electrons. The van der Waals surface area contributed by atoms with Gasteiger partial charge < -0.3 is 14.7 Å². The van der Waals surface area contributed by atoms with Gasteiger partial charge in [0.25, 0.3) is 0 Å². The van der Waals surface area contributed by atoms with Crippen LogP contribution < -0.4 is 0 Å². The van der Waals surface area contributed by atoms with Gasteiger partial charge in [0.2, 0.25) is 0 Å². The number of aliphatic hydroxyl groups is 1. The van der Waals surface area contributed by atoms with Crippen molar-refractivity contribution in [3.8, 4) is 0 Å². The van der Waals surface area contributed by atoms with E-state index in [9.17, 15) is 13.9 Å². The highest BCUT2D eigenvalue weighted by Gasteiger charge is 2.26. The second-order valence-corrected chi connectivity index (χ2v) is 8.45. The molecule has 1 aliphatic heterocycles. The van der Waals surface area contributed by atoms with Crippen LogP contribution in [-0.2, 0) is 22.7 Å². The molecular weight excluding hydrogens is 438 g/mol. The summed E-state index contributed by atoms with van der Waals surface area (Å²) in [6, 6.07) is 22.3. The van der Waals surface area contributed by atoms with Gasteiger partial charge in [0, 0.05) is 26.1 Å². The van der Waals surface area contributed by atoms with Crippen LogP contribution in [-0.4, -0.2) is 47.6 Å². The van der Waals surface area contributed by atoms with Crippen molar-refractivity contribution < 1.29 is 23.5 Å². The van der Waals surface area contributed by atoms with E-state index in [2.05, 4.69) is 5.16 Å². The highest BCUT2D eigenvalue weighted by Crippen LogP contribution is 2.19. The molecule has 7 heteroatoms. The Morgan fingerprint density at radius 1 is 0.971 bits per heavy atom. The number of ether oxygens (including phenoxy) is 1. The van der Waals surface area contributed by atoms with E-state index in [4.69, 9.17) is 9.57 Å². The minimum absolute atomic E-state index is 0.178. The first-order valence-electron chi connectivity index (χ1n) is 11.3. The molecule has 2 atom stereocenters. The van der Waals surface area contributed by atoms with E-state index in [-0.39, 0.29) is 24.3 Å². The molecule has 5 nitrogen and oxygen atoms in total. The van der Waals surface area contributed by atoms with Gasteiger partial charge in [-0.2, -0.15) is 0 Å². The lowest BCUT2D eigenvalue weighted by molar-refractivity contribution is -0.00650. The van der Waals surface area contributed by atoms with Crippen molar-refractivity contribution in [1.29, 1.82) is 0 Å². The maximum Gasteiger partial charge on any atom is 0.145 e. The van der Waals surface area contributed by atoms with Gasteiger partial charge in [0.15, 0.2) is 0 Å². The fraction of sp³-hybridized carbons (Fsp3) is 0.296. The predicted octanol–water partition coefficient (Wildman–Crippen LogP) is 4.54. The maximum atomic E-state index is 13.7. The van der Waals surface area contributed by atoms with E-state index in [0.717, 1.165) is 22.4 Å². The van der Waals surface area contributed by atoms with Crippen LogP contribution in [0.2, 0.25) is 0 Å². The summed E-state index contributed by atoms with van der Waals surface area (Å²) in [6.45, 7) is 1.86. The number of nitrogens with zero attached hydrogens (tertiary/aromatic N) is 2. The van der Waals surface area contributed by atoms with Crippen molar-refractivity contribution >= 4 is 5.71 Å². The number of halogens is 2. The van der Waals surface area contributed by atoms with Gasteiger partial charge in [-0.3, -0.25) is 4.90 Å². The second-order valence-electron chi connectivity index (χ2n) is 8.45. The van der Waals surface area contributed by atoms with Gasteiger partial charge in [0.1, 0.15) is 17.7 Å². The molecule has 0 fully saturated rings.